The summed E-state index contributed by atoms with van der Waals surface area (Å²) in [6.07, 6.45) is 0. The molecular formula is C15H22N2O3. The van der Waals surface area contributed by atoms with E-state index in [0.717, 1.165) is 0 Å². The Morgan fingerprint density at radius 1 is 1.20 bits per heavy atom. The third kappa shape index (κ3) is 4.66. The first kappa shape index (κ1) is 16.2. The van der Waals surface area contributed by atoms with Gasteiger partial charge in [-0.05, 0) is 31.9 Å². The van der Waals surface area contributed by atoms with E-state index in [4.69, 9.17) is 10.5 Å². The standard InChI is InChI=1S/C15H22N2O3/c1-10(2)12(16)14(19)20-15(3,4)17-13(18)11-8-6-5-7-9-11/h5-10,12H,16H2,1-4H3,(H,17,18). The van der Waals surface area contributed by atoms with Crippen molar-refractivity contribution < 1.29 is 14.3 Å². The Morgan fingerprint density at radius 3 is 2.25 bits per heavy atom. The summed E-state index contributed by atoms with van der Waals surface area (Å²) in [5.74, 6) is -0.858. The molecule has 1 aromatic rings. The second kappa shape index (κ2) is 6.52. The molecule has 3 N–H and O–H groups in total. The Hall–Kier alpha value is -1.88. The van der Waals surface area contributed by atoms with Crippen LogP contribution < -0.4 is 11.1 Å². The van der Waals surface area contributed by atoms with E-state index in [1.165, 1.54) is 0 Å². The van der Waals surface area contributed by atoms with Gasteiger partial charge in [0.15, 0.2) is 5.72 Å². The van der Waals surface area contributed by atoms with Crippen molar-refractivity contribution in [3.63, 3.8) is 0 Å². The van der Waals surface area contributed by atoms with Crippen molar-refractivity contribution in [2.24, 2.45) is 11.7 Å². The van der Waals surface area contributed by atoms with Gasteiger partial charge < -0.3 is 15.8 Å². The fraction of sp³-hybridized carbons (Fsp3) is 0.467. The molecule has 1 amide bonds. The van der Waals surface area contributed by atoms with Crippen LogP contribution in [0.3, 0.4) is 0 Å². The normalized spacial score (nSPS) is 12.9. The number of nitrogens with two attached hydrogens (primary N) is 1. The summed E-state index contributed by atoms with van der Waals surface area (Å²) in [5, 5.41) is 2.66. The number of carbonyl (C=O) groups excluding carboxylic acids is 2. The molecular weight excluding hydrogens is 256 g/mol. The van der Waals surface area contributed by atoms with E-state index in [1.807, 2.05) is 19.9 Å². The molecule has 0 spiro atoms. The minimum Gasteiger partial charge on any atom is -0.438 e. The van der Waals surface area contributed by atoms with Gasteiger partial charge in [0.05, 0.1) is 0 Å². The number of carbonyl (C=O) groups is 2. The van der Waals surface area contributed by atoms with Crippen molar-refractivity contribution >= 4 is 11.9 Å². The van der Waals surface area contributed by atoms with Crippen molar-refractivity contribution in [3.05, 3.63) is 35.9 Å². The highest BCUT2D eigenvalue weighted by Gasteiger charge is 2.29. The van der Waals surface area contributed by atoms with Gasteiger partial charge in [-0.1, -0.05) is 32.0 Å². The van der Waals surface area contributed by atoms with Gasteiger partial charge >= 0.3 is 5.97 Å². The molecule has 0 aliphatic carbocycles. The molecule has 1 unspecified atom stereocenters. The molecule has 0 aliphatic heterocycles. The van der Waals surface area contributed by atoms with E-state index in [0.29, 0.717) is 5.56 Å². The number of hydrogen-bond donors (Lipinski definition) is 2. The summed E-state index contributed by atoms with van der Waals surface area (Å²) in [6, 6.07) is 8.03. The van der Waals surface area contributed by atoms with Gasteiger partial charge in [-0.25, -0.2) is 0 Å². The number of amides is 1. The minimum absolute atomic E-state index is 0.0249. The molecule has 20 heavy (non-hydrogen) atoms. The number of rotatable bonds is 5. The molecule has 0 radical (unpaired) electrons. The Labute approximate surface area is 119 Å². The van der Waals surface area contributed by atoms with Crippen LogP contribution >= 0.6 is 0 Å². The van der Waals surface area contributed by atoms with Crippen LogP contribution in [-0.2, 0) is 9.53 Å². The first-order valence-corrected chi connectivity index (χ1v) is 6.59. The van der Waals surface area contributed by atoms with Crippen LogP contribution in [0.1, 0.15) is 38.1 Å². The van der Waals surface area contributed by atoms with Gasteiger partial charge in [0, 0.05) is 5.56 Å². The molecule has 0 bridgehead atoms. The average Bonchev–Trinajstić information content (AvgIpc) is 2.37. The first-order valence-electron chi connectivity index (χ1n) is 6.59. The molecule has 5 heteroatoms. The predicted molar refractivity (Wildman–Crippen MR) is 76.9 cm³/mol. The molecule has 1 aromatic carbocycles. The van der Waals surface area contributed by atoms with Gasteiger partial charge in [0.25, 0.3) is 5.91 Å². The average molecular weight is 278 g/mol. The van der Waals surface area contributed by atoms with Crippen LogP contribution in [0.5, 0.6) is 0 Å². The number of ether oxygens (including phenoxy) is 1. The second-order valence-corrected chi connectivity index (χ2v) is 5.52. The lowest BCUT2D eigenvalue weighted by atomic mass is 10.1. The molecule has 5 nitrogen and oxygen atoms in total. The summed E-state index contributed by atoms with van der Waals surface area (Å²) < 4.78 is 5.26. The van der Waals surface area contributed by atoms with Crippen LogP contribution in [0, 0.1) is 5.92 Å². The molecule has 1 rings (SSSR count). The number of nitrogens with one attached hydrogen (secondary N) is 1. The summed E-state index contributed by atoms with van der Waals surface area (Å²) >= 11 is 0. The topological polar surface area (TPSA) is 81.4 Å². The summed E-state index contributed by atoms with van der Waals surface area (Å²) in [4.78, 5) is 23.8. The zero-order valence-electron chi connectivity index (χ0n) is 12.3. The van der Waals surface area contributed by atoms with E-state index >= 15 is 0 Å². The van der Waals surface area contributed by atoms with Gasteiger partial charge in [-0.3, -0.25) is 9.59 Å². The van der Waals surface area contributed by atoms with E-state index < -0.39 is 17.7 Å². The van der Waals surface area contributed by atoms with Crippen molar-refractivity contribution in [1.29, 1.82) is 0 Å². The van der Waals surface area contributed by atoms with Gasteiger partial charge in [0.1, 0.15) is 6.04 Å². The lowest BCUT2D eigenvalue weighted by Gasteiger charge is -2.28. The molecule has 0 fully saturated rings. The third-order valence-electron chi connectivity index (χ3n) is 2.80. The molecule has 0 aromatic heterocycles. The maximum Gasteiger partial charge on any atom is 0.325 e. The monoisotopic (exact) mass is 278 g/mol. The highest BCUT2D eigenvalue weighted by molar-refractivity contribution is 5.94. The van der Waals surface area contributed by atoms with Crippen molar-refractivity contribution in [2.75, 3.05) is 0 Å². The molecule has 0 saturated carbocycles. The summed E-state index contributed by atoms with van der Waals surface area (Å²) in [7, 11) is 0. The maximum absolute atomic E-state index is 12.0. The predicted octanol–water partition coefficient (Wildman–Crippen LogP) is 1.68. The van der Waals surface area contributed by atoms with Crippen LogP contribution in [0.2, 0.25) is 0 Å². The first-order chi connectivity index (χ1) is 9.23. The fourth-order valence-electron chi connectivity index (χ4n) is 1.55. The van der Waals surface area contributed by atoms with Crippen LogP contribution in [0.4, 0.5) is 0 Å². The lowest BCUT2D eigenvalue weighted by molar-refractivity contribution is -0.161. The SMILES string of the molecule is CC(C)C(N)C(=O)OC(C)(C)NC(=O)c1ccccc1. The molecule has 1 atom stereocenters. The highest BCUT2D eigenvalue weighted by atomic mass is 16.6. The van der Waals surface area contributed by atoms with E-state index in [2.05, 4.69) is 5.32 Å². The van der Waals surface area contributed by atoms with Gasteiger partial charge in [-0.15, -0.1) is 0 Å². The molecule has 0 heterocycles. The number of benzene rings is 1. The number of esters is 1. The Kier molecular flexibility index (Phi) is 5.27. The van der Waals surface area contributed by atoms with Crippen molar-refractivity contribution in [2.45, 2.75) is 39.5 Å². The van der Waals surface area contributed by atoms with Gasteiger partial charge in [0.2, 0.25) is 0 Å². The highest BCUT2D eigenvalue weighted by Crippen LogP contribution is 2.11. The zero-order chi connectivity index (χ0) is 15.3. The Bertz CT molecular complexity index is 469. The third-order valence-corrected chi connectivity index (χ3v) is 2.80. The quantitative estimate of drug-likeness (QED) is 0.634. The molecule has 0 saturated heterocycles. The molecule has 0 aliphatic rings. The number of hydrogen-bond acceptors (Lipinski definition) is 4. The zero-order valence-corrected chi connectivity index (χ0v) is 12.3. The van der Waals surface area contributed by atoms with Crippen LogP contribution in [0.25, 0.3) is 0 Å². The van der Waals surface area contributed by atoms with Gasteiger partial charge in [-0.2, -0.15) is 0 Å². The minimum atomic E-state index is -1.11. The summed E-state index contributed by atoms with van der Waals surface area (Å²) in [5.41, 5.74) is 5.11. The van der Waals surface area contributed by atoms with E-state index in [9.17, 15) is 9.59 Å². The van der Waals surface area contributed by atoms with E-state index in [-0.39, 0.29) is 11.8 Å². The van der Waals surface area contributed by atoms with Crippen molar-refractivity contribution in [1.82, 2.24) is 5.32 Å². The molecule has 110 valence electrons. The smallest absolute Gasteiger partial charge is 0.325 e. The second-order valence-electron chi connectivity index (χ2n) is 5.52. The van der Waals surface area contributed by atoms with Crippen molar-refractivity contribution in [3.8, 4) is 0 Å². The van der Waals surface area contributed by atoms with E-state index in [1.54, 1.807) is 38.1 Å². The lowest BCUT2D eigenvalue weighted by Crippen LogP contribution is -2.50. The fourth-order valence-corrected chi connectivity index (χ4v) is 1.55. The largest absolute Gasteiger partial charge is 0.438 e. The Balaban J connectivity index is 2.66. The van der Waals surface area contributed by atoms with Crippen LogP contribution in [-0.4, -0.2) is 23.6 Å². The summed E-state index contributed by atoms with van der Waals surface area (Å²) in [6.45, 7) is 6.89. The maximum atomic E-state index is 12.0. The Morgan fingerprint density at radius 2 is 1.75 bits per heavy atom. The van der Waals surface area contributed by atoms with Crippen LogP contribution in [0.15, 0.2) is 30.3 Å².